The van der Waals surface area contributed by atoms with Gasteiger partial charge in [-0.25, -0.2) is 0 Å². The average molecular weight is 331 g/mol. The maximum absolute atomic E-state index is 12.2. The molecule has 0 atom stereocenters. The molecule has 2 fully saturated rings. The van der Waals surface area contributed by atoms with Crippen molar-refractivity contribution >= 4 is 11.8 Å². The molecule has 3 rings (SSSR count). The summed E-state index contributed by atoms with van der Waals surface area (Å²) in [7, 11) is 0. The van der Waals surface area contributed by atoms with E-state index in [4.69, 9.17) is 4.74 Å². The van der Waals surface area contributed by atoms with Gasteiger partial charge in [-0.2, -0.15) is 0 Å². The first-order valence-electron chi connectivity index (χ1n) is 8.59. The fourth-order valence-corrected chi connectivity index (χ4v) is 2.80. The molecule has 0 spiro atoms. The van der Waals surface area contributed by atoms with Gasteiger partial charge in [0.25, 0.3) is 5.91 Å². The third-order valence-electron chi connectivity index (χ3n) is 4.39. The SMILES string of the molecule is Cc1cccc(OCC(=O)N2CCN(CC(=O)NC3CC3)CC2)c1. The van der Waals surface area contributed by atoms with E-state index in [1.807, 2.05) is 36.1 Å². The zero-order chi connectivity index (χ0) is 16.9. The molecule has 0 bridgehead atoms. The number of hydrogen-bond donors (Lipinski definition) is 1. The van der Waals surface area contributed by atoms with Crippen LogP contribution < -0.4 is 10.1 Å². The zero-order valence-electron chi connectivity index (χ0n) is 14.2. The molecule has 1 heterocycles. The second-order valence-corrected chi connectivity index (χ2v) is 6.60. The lowest BCUT2D eigenvalue weighted by Crippen LogP contribution is -2.52. The van der Waals surface area contributed by atoms with Crippen LogP contribution in [0.4, 0.5) is 0 Å². The molecule has 1 aliphatic heterocycles. The van der Waals surface area contributed by atoms with Gasteiger partial charge in [0.05, 0.1) is 6.54 Å². The van der Waals surface area contributed by atoms with E-state index in [0.29, 0.717) is 25.7 Å². The van der Waals surface area contributed by atoms with Gasteiger partial charge >= 0.3 is 0 Å². The highest BCUT2D eigenvalue weighted by Crippen LogP contribution is 2.18. The summed E-state index contributed by atoms with van der Waals surface area (Å²) in [6.07, 6.45) is 2.21. The summed E-state index contributed by atoms with van der Waals surface area (Å²) in [5.41, 5.74) is 1.11. The van der Waals surface area contributed by atoms with Gasteiger partial charge in [-0.05, 0) is 37.5 Å². The highest BCUT2D eigenvalue weighted by Gasteiger charge is 2.26. The maximum Gasteiger partial charge on any atom is 0.260 e. The molecule has 2 amide bonds. The lowest BCUT2D eigenvalue weighted by atomic mass is 10.2. The van der Waals surface area contributed by atoms with E-state index in [1.54, 1.807) is 0 Å². The van der Waals surface area contributed by atoms with Gasteiger partial charge in [0.15, 0.2) is 6.61 Å². The number of rotatable bonds is 6. The predicted octanol–water partition coefficient (Wildman–Crippen LogP) is 0.797. The van der Waals surface area contributed by atoms with Crippen LogP contribution in [0.15, 0.2) is 24.3 Å². The Morgan fingerprint density at radius 1 is 1.21 bits per heavy atom. The van der Waals surface area contributed by atoms with Gasteiger partial charge < -0.3 is 15.0 Å². The number of carbonyl (C=O) groups excluding carboxylic acids is 2. The van der Waals surface area contributed by atoms with Gasteiger partial charge in [-0.15, -0.1) is 0 Å². The zero-order valence-corrected chi connectivity index (χ0v) is 14.2. The van der Waals surface area contributed by atoms with Gasteiger partial charge in [-0.3, -0.25) is 14.5 Å². The average Bonchev–Trinajstić information content (AvgIpc) is 3.37. The topological polar surface area (TPSA) is 61.9 Å². The third-order valence-corrected chi connectivity index (χ3v) is 4.39. The Bertz CT molecular complexity index is 593. The first-order valence-corrected chi connectivity index (χ1v) is 8.59. The molecule has 0 radical (unpaired) electrons. The summed E-state index contributed by atoms with van der Waals surface area (Å²) in [6.45, 7) is 5.24. The maximum atomic E-state index is 12.2. The molecule has 0 unspecified atom stereocenters. The van der Waals surface area contributed by atoms with Crippen LogP contribution in [-0.4, -0.2) is 67.0 Å². The van der Waals surface area contributed by atoms with Crippen LogP contribution >= 0.6 is 0 Å². The summed E-state index contributed by atoms with van der Waals surface area (Å²) in [5.74, 6) is 0.817. The first-order chi connectivity index (χ1) is 11.6. The third kappa shape index (κ3) is 4.96. The summed E-state index contributed by atoms with van der Waals surface area (Å²) in [5, 5.41) is 3.00. The van der Waals surface area contributed by atoms with Crippen LogP contribution in [0, 0.1) is 6.92 Å². The van der Waals surface area contributed by atoms with Crippen molar-refractivity contribution in [3.05, 3.63) is 29.8 Å². The van der Waals surface area contributed by atoms with E-state index < -0.39 is 0 Å². The van der Waals surface area contributed by atoms with E-state index in [-0.39, 0.29) is 18.4 Å². The Kier molecular flexibility index (Phi) is 5.35. The van der Waals surface area contributed by atoms with Crippen molar-refractivity contribution in [3.8, 4) is 5.75 Å². The Hall–Kier alpha value is -2.08. The molecule has 6 heteroatoms. The van der Waals surface area contributed by atoms with E-state index in [1.165, 1.54) is 0 Å². The van der Waals surface area contributed by atoms with Crippen LogP contribution in [0.2, 0.25) is 0 Å². The van der Waals surface area contributed by atoms with E-state index in [0.717, 1.165) is 37.2 Å². The normalized spacial score (nSPS) is 18.3. The highest BCUT2D eigenvalue weighted by molar-refractivity contribution is 5.79. The predicted molar refractivity (Wildman–Crippen MR) is 90.9 cm³/mol. The number of ether oxygens (including phenoxy) is 1. The van der Waals surface area contributed by atoms with Crippen molar-refractivity contribution in [1.29, 1.82) is 0 Å². The molecule has 24 heavy (non-hydrogen) atoms. The number of amides is 2. The fraction of sp³-hybridized carbons (Fsp3) is 0.556. The lowest BCUT2D eigenvalue weighted by molar-refractivity contribution is -0.135. The standard InChI is InChI=1S/C18H25N3O3/c1-14-3-2-4-16(11-14)24-13-18(23)21-9-7-20(8-10-21)12-17(22)19-15-5-6-15/h2-4,11,15H,5-10,12-13H2,1H3,(H,19,22). The Labute approximate surface area is 142 Å². The second kappa shape index (κ2) is 7.66. The molecule has 6 nitrogen and oxygen atoms in total. The van der Waals surface area contributed by atoms with Crippen molar-refractivity contribution in [2.75, 3.05) is 39.3 Å². The van der Waals surface area contributed by atoms with Crippen molar-refractivity contribution in [2.24, 2.45) is 0 Å². The van der Waals surface area contributed by atoms with Crippen LogP contribution in [0.5, 0.6) is 5.75 Å². The van der Waals surface area contributed by atoms with E-state index >= 15 is 0 Å². The molecular weight excluding hydrogens is 306 g/mol. The van der Waals surface area contributed by atoms with Crippen molar-refractivity contribution in [2.45, 2.75) is 25.8 Å². The van der Waals surface area contributed by atoms with Gasteiger partial charge in [0.1, 0.15) is 5.75 Å². The Balaban J connectivity index is 1.37. The fourth-order valence-electron chi connectivity index (χ4n) is 2.80. The van der Waals surface area contributed by atoms with E-state index in [2.05, 4.69) is 10.2 Å². The molecule has 1 N–H and O–H groups in total. The van der Waals surface area contributed by atoms with Crippen LogP contribution in [0.25, 0.3) is 0 Å². The van der Waals surface area contributed by atoms with Crippen LogP contribution in [0.1, 0.15) is 18.4 Å². The Morgan fingerprint density at radius 2 is 1.96 bits per heavy atom. The number of piperazine rings is 1. The van der Waals surface area contributed by atoms with Crippen LogP contribution in [-0.2, 0) is 9.59 Å². The molecule has 1 saturated heterocycles. The van der Waals surface area contributed by atoms with Crippen LogP contribution in [0.3, 0.4) is 0 Å². The minimum absolute atomic E-state index is 0.00131. The molecule has 1 aromatic carbocycles. The largest absolute Gasteiger partial charge is 0.484 e. The minimum atomic E-state index is -0.00131. The summed E-state index contributed by atoms with van der Waals surface area (Å²) in [6, 6.07) is 8.09. The number of benzene rings is 1. The quantitative estimate of drug-likeness (QED) is 0.837. The summed E-state index contributed by atoms with van der Waals surface area (Å²) < 4.78 is 5.57. The number of aryl methyl sites for hydroxylation is 1. The van der Waals surface area contributed by atoms with Crippen molar-refractivity contribution in [3.63, 3.8) is 0 Å². The molecule has 1 aromatic rings. The van der Waals surface area contributed by atoms with Gasteiger partial charge in [0.2, 0.25) is 5.91 Å². The van der Waals surface area contributed by atoms with E-state index in [9.17, 15) is 9.59 Å². The first kappa shape index (κ1) is 16.8. The Morgan fingerprint density at radius 3 is 2.62 bits per heavy atom. The second-order valence-electron chi connectivity index (χ2n) is 6.60. The summed E-state index contributed by atoms with van der Waals surface area (Å²) in [4.78, 5) is 28.0. The molecule has 0 aromatic heterocycles. The lowest BCUT2D eigenvalue weighted by Gasteiger charge is -2.34. The van der Waals surface area contributed by atoms with Crippen molar-refractivity contribution < 1.29 is 14.3 Å². The smallest absolute Gasteiger partial charge is 0.260 e. The number of carbonyl (C=O) groups is 2. The molecule has 1 saturated carbocycles. The number of nitrogens with zero attached hydrogens (tertiary/aromatic N) is 2. The number of nitrogens with one attached hydrogen (secondary N) is 1. The minimum Gasteiger partial charge on any atom is -0.484 e. The van der Waals surface area contributed by atoms with Crippen molar-refractivity contribution in [1.82, 2.24) is 15.1 Å². The monoisotopic (exact) mass is 331 g/mol. The molecule has 130 valence electrons. The number of hydrogen-bond acceptors (Lipinski definition) is 4. The molecule has 1 aliphatic carbocycles. The molecular formula is C18H25N3O3. The highest BCUT2D eigenvalue weighted by atomic mass is 16.5. The summed E-state index contributed by atoms with van der Waals surface area (Å²) >= 11 is 0. The van der Waals surface area contributed by atoms with Gasteiger partial charge in [0, 0.05) is 32.2 Å². The molecule has 2 aliphatic rings. The van der Waals surface area contributed by atoms with Gasteiger partial charge in [-0.1, -0.05) is 12.1 Å².